The van der Waals surface area contributed by atoms with Gasteiger partial charge in [-0.2, -0.15) is 0 Å². The summed E-state index contributed by atoms with van der Waals surface area (Å²) in [4.78, 5) is 11.7. The number of methoxy groups -OCH3 is 2. The van der Waals surface area contributed by atoms with E-state index in [1.165, 1.54) is 0 Å². The molecule has 18 heavy (non-hydrogen) atoms. The number of urea groups is 1. The monoisotopic (exact) mass is 252 g/mol. The molecule has 5 heteroatoms. The molecule has 1 aromatic carbocycles. The molecule has 0 aliphatic carbocycles. The molecule has 0 bridgehead atoms. The van der Waals surface area contributed by atoms with Crippen LogP contribution in [0.3, 0.4) is 0 Å². The molecule has 1 atom stereocenters. The number of hydrogen-bond acceptors (Lipinski definition) is 3. The van der Waals surface area contributed by atoms with E-state index in [-0.39, 0.29) is 12.1 Å². The SMILES string of the molecule is COCC(C)NC(=O)Nc1ccc(C)cc1OC. The minimum atomic E-state index is -0.276. The summed E-state index contributed by atoms with van der Waals surface area (Å²) in [7, 11) is 3.17. The Kier molecular flexibility index (Phi) is 5.45. The number of rotatable bonds is 5. The van der Waals surface area contributed by atoms with Crippen molar-refractivity contribution < 1.29 is 14.3 Å². The van der Waals surface area contributed by atoms with E-state index < -0.39 is 0 Å². The second-order valence-electron chi connectivity index (χ2n) is 4.16. The van der Waals surface area contributed by atoms with Crippen LogP contribution < -0.4 is 15.4 Å². The Labute approximate surface area is 107 Å². The lowest BCUT2D eigenvalue weighted by atomic mass is 10.2. The van der Waals surface area contributed by atoms with E-state index >= 15 is 0 Å². The first-order valence-electron chi connectivity index (χ1n) is 5.78. The fraction of sp³-hybridized carbons (Fsp3) is 0.462. The third kappa shape index (κ3) is 4.25. The Morgan fingerprint density at radius 2 is 2.11 bits per heavy atom. The molecule has 1 unspecified atom stereocenters. The molecule has 100 valence electrons. The molecule has 2 N–H and O–H groups in total. The maximum absolute atomic E-state index is 11.7. The minimum absolute atomic E-state index is 0.0496. The molecule has 0 radical (unpaired) electrons. The van der Waals surface area contributed by atoms with Crippen LogP contribution in [0.15, 0.2) is 18.2 Å². The third-order valence-electron chi connectivity index (χ3n) is 2.40. The van der Waals surface area contributed by atoms with Crippen molar-refractivity contribution in [2.45, 2.75) is 19.9 Å². The van der Waals surface area contributed by atoms with Crippen LogP contribution in [0.5, 0.6) is 5.75 Å². The fourth-order valence-corrected chi connectivity index (χ4v) is 1.58. The molecule has 0 heterocycles. The van der Waals surface area contributed by atoms with E-state index in [4.69, 9.17) is 9.47 Å². The van der Waals surface area contributed by atoms with Crippen LogP contribution in [0.2, 0.25) is 0 Å². The zero-order chi connectivity index (χ0) is 13.5. The summed E-state index contributed by atoms with van der Waals surface area (Å²) in [6, 6.07) is 5.27. The first-order chi connectivity index (χ1) is 8.56. The standard InChI is InChI=1S/C13H20N2O3/c1-9-5-6-11(12(7-9)18-4)15-13(16)14-10(2)8-17-3/h5-7,10H,8H2,1-4H3,(H2,14,15,16). The van der Waals surface area contributed by atoms with Gasteiger partial charge in [-0.25, -0.2) is 4.79 Å². The van der Waals surface area contributed by atoms with Crippen LogP contribution in [-0.4, -0.2) is 32.9 Å². The number of hydrogen-bond donors (Lipinski definition) is 2. The fourth-order valence-electron chi connectivity index (χ4n) is 1.58. The van der Waals surface area contributed by atoms with Crippen LogP contribution in [0, 0.1) is 6.92 Å². The number of benzene rings is 1. The van der Waals surface area contributed by atoms with E-state index in [0.717, 1.165) is 5.56 Å². The maximum Gasteiger partial charge on any atom is 0.319 e. The van der Waals surface area contributed by atoms with Gasteiger partial charge in [0.2, 0.25) is 0 Å². The lowest BCUT2D eigenvalue weighted by Crippen LogP contribution is -2.38. The average molecular weight is 252 g/mol. The molecule has 1 rings (SSSR count). The second-order valence-corrected chi connectivity index (χ2v) is 4.16. The van der Waals surface area contributed by atoms with Gasteiger partial charge in [0.05, 0.1) is 25.4 Å². The molecule has 1 aromatic rings. The molecular formula is C13H20N2O3. The van der Waals surface area contributed by atoms with Crippen molar-refractivity contribution in [2.24, 2.45) is 0 Å². The van der Waals surface area contributed by atoms with Crippen LogP contribution >= 0.6 is 0 Å². The highest BCUT2D eigenvalue weighted by molar-refractivity contribution is 5.91. The lowest BCUT2D eigenvalue weighted by molar-refractivity contribution is 0.173. The summed E-state index contributed by atoms with van der Waals surface area (Å²) >= 11 is 0. The van der Waals surface area contributed by atoms with Crippen LogP contribution in [-0.2, 0) is 4.74 Å². The zero-order valence-electron chi connectivity index (χ0n) is 11.2. The van der Waals surface area contributed by atoms with Crippen molar-refractivity contribution in [1.82, 2.24) is 5.32 Å². The molecule has 0 aromatic heterocycles. The smallest absolute Gasteiger partial charge is 0.319 e. The van der Waals surface area contributed by atoms with E-state index in [1.807, 2.05) is 32.0 Å². The first-order valence-corrected chi connectivity index (χ1v) is 5.78. The van der Waals surface area contributed by atoms with Gasteiger partial charge < -0.3 is 20.1 Å². The minimum Gasteiger partial charge on any atom is -0.495 e. The largest absolute Gasteiger partial charge is 0.495 e. The maximum atomic E-state index is 11.7. The van der Waals surface area contributed by atoms with E-state index in [9.17, 15) is 4.79 Å². The van der Waals surface area contributed by atoms with Gasteiger partial charge in [0, 0.05) is 7.11 Å². The number of carbonyl (C=O) groups excluding carboxylic acids is 1. The molecule has 0 aliphatic rings. The zero-order valence-corrected chi connectivity index (χ0v) is 11.2. The Morgan fingerprint density at radius 3 is 2.72 bits per heavy atom. The second kappa shape index (κ2) is 6.86. The molecule has 5 nitrogen and oxygen atoms in total. The Bertz CT molecular complexity index is 407. The summed E-state index contributed by atoms with van der Waals surface area (Å²) in [5.41, 5.74) is 1.72. The number of nitrogens with one attached hydrogen (secondary N) is 2. The quantitative estimate of drug-likeness (QED) is 0.844. The number of anilines is 1. The highest BCUT2D eigenvalue weighted by atomic mass is 16.5. The van der Waals surface area contributed by atoms with Crippen molar-refractivity contribution in [1.29, 1.82) is 0 Å². The van der Waals surface area contributed by atoms with Gasteiger partial charge in [0.1, 0.15) is 5.75 Å². The van der Waals surface area contributed by atoms with Crippen molar-refractivity contribution in [3.63, 3.8) is 0 Å². The highest BCUT2D eigenvalue weighted by Crippen LogP contribution is 2.24. The molecule has 0 saturated carbocycles. The van der Waals surface area contributed by atoms with Gasteiger partial charge in [-0.05, 0) is 31.5 Å². The van der Waals surface area contributed by atoms with Crippen molar-refractivity contribution in [3.8, 4) is 5.75 Å². The Balaban J connectivity index is 2.64. The number of aryl methyl sites for hydroxylation is 1. The van der Waals surface area contributed by atoms with Gasteiger partial charge in [0.15, 0.2) is 0 Å². The molecule has 2 amide bonds. The van der Waals surface area contributed by atoms with Gasteiger partial charge in [-0.1, -0.05) is 6.07 Å². The summed E-state index contributed by atoms with van der Waals surface area (Å²) < 4.78 is 10.2. The Hall–Kier alpha value is -1.75. The highest BCUT2D eigenvalue weighted by Gasteiger charge is 2.09. The summed E-state index contributed by atoms with van der Waals surface area (Å²) in [6.45, 7) is 4.31. The van der Waals surface area contributed by atoms with E-state index in [2.05, 4.69) is 10.6 Å². The molecule has 0 aliphatic heterocycles. The number of carbonyl (C=O) groups is 1. The van der Waals surface area contributed by atoms with Crippen LogP contribution in [0.25, 0.3) is 0 Å². The predicted molar refractivity (Wildman–Crippen MR) is 71.2 cm³/mol. The third-order valence-corrected chi connectivity index (χ3v) is 2.40. The summed E-state index contributed by atoms with van der Waals surface area (Å²) in [5.74, 6) is 0.643. The van der Waals surface area contributed by atoms with Crippen molar-refractivity contribution in [2.75, 3.05) is 26.1 Å². The number of ether oxygens (including phenoxy) is 2. The van der Waals surface area contributed by atoms with Crippen LogP contribution in [0.4, 0.5) is 10.5 Å². The van der Waals surface area contributed by atoms with Crippen molar-refractivity contribution in [3.05, 3.63) is 23.8 Å². The van der Waals surface area contributed by atoms with Gasteiger partial charge in [0.25, 0.3) is 0 Å². The lowest BCUT2D eigenvalue weighted by Gasteiger charge is -2.15. The van der Waals surface area contributed by atoms with E-state index in [1.54, 1.807) is 14.2 Å². The topological polar surface area (TPSA) is 59.6 Å². The molecular weight excluding hydrogens is 232 g/mol. The van der Waals surface area contributed by atoms with Gasteiger partial charge >= 0.3 is 6.03 Å². The Morgan fingerprint density at radius 1 is 1.39 bits per heavy atom. The van der Waals surface area contributed by atoms with Gasteiger partial charge in [-0.3, -0.25) is 0 Å². The number of amides is 2. The predicted octanol–water partition coefficient (Wildman–Crippen LogP) is 2.16. The summed E-state index contributed by atoms with van der Waals surface area (Å²) in [5, 5.41) is 5.51. The average Bonchev–Trinajstić information content (AvgIpc) is 2.31. The van der Waals surface area contributed by atoms with Crippen LogP contribution in [0.1, 0.15) is 12.5 Å². The van der Waals surface area contributed by atoms with Gasteiger partial charge in [-0.15, -0.1) is 0 Å². The molecule has 0 fully saturated rings. The molecule has 0 spiro atoms. The summed E-state index contributed by atoms with van der Waals surface area (Å²) in [6.07, 6.45) is 0. The normalized spacial score (nSPS) is 11.8. The van der Waals surface area contributed by atoms with Crippen molar-refractivity contribution >= 4 is 11.7 Å². The van der Waals surface area contributed by atoms with E-state index in [0.29, 0.717) is 18.0 Å². The molecule has 0 saturated heterocycles. The first kappa shape index (κ1) is 14.3.